The van der Waals surface area contributed by atoms with Crippen LogP contribution in [0, 0.1) is 23.5 Å². The quantitative estimate of drug-likeness (QED) is 0.762. The number of piperidine rings is 1. The number of hydrogen-bond acceptors (Lipinski definition) is 5. The predicted molar refractivity (Wildman–Crippen MR) is 101 cm³/mol. The SMILES string of the molecule is N[C@H]1C[C@H]2CCN(c3c(F)cc4c(=O)c(OC(=O)O)cn(C5CC5)c4c3F)C[C@H]21. The summed E-state index contributed by atoms with van der Waals surface area (Å²) in [7, 11) is 0. The number of rotatable bonds is 3. The van der Waals surface area contributed by atoms with Crippen molar-refractivity contribution in [2.24, 2.45) is 17.6 Å². The van der Waals surface area contributed by atoms with E-state index in [2.05, 4.69) is 4.74 Å². The Morgan fingerprint density at radius 3 is 2.69 bits per heavy atom. The average Bonchev–Trinajstić information content (AvgIpc) is 3.49. The third-order valence-corrected chi connectivity index (χ3v) is 6.54. The molecule has 5 rings (SSSR count). The van der Waals surface area contributed by atoms with Gasteiger partial charge < -0.3 is 25.0 Å². The molecule has 3 aliphatic rings. The average molecular weight is 405 g/mol. The molecule has 1 saturated heterocycles. The Morgan fingerprint density at radius 1 is 1.28 bits per heavy atom. The van der Waals surface area contributed by atoms with Gasteiger partial charge in [0, 0.05) is 25.2 Å². The van der Waals surface area contributed by atoms with Crippen LogP contribution in [0.3, 0.4) is 0 Å². The number of hydrogen-bond donors (Lipinski definition) is 2. The number of fused-ring (bicyclic) bond motifs is 2. The first-order valence-corrected chi connectivity index (χ1v) is 9.83. The molecular weight excluding hydrogens is 384 g/mol. The van der Waals surface area contributed by atoms with Gasteiger partial charge in [0.2, 0.25) is 5.43 Å². The molecule has 0 bridgehead atoms. The van der Waals surface area contributed by atoms with E-state index < -0.39 is 29.0 Å². The van der Waals surface area contributed by atoms with Crippen molar-refractivity contribution in [2.45, 2.75) is 37.8 Å². The number of pyridine rings is 1. The van der Waals surface area contributed by atoms with Gasteiger partial charge >= 0.3 is 6.16 Å². The van der Waals surface area contributed by atoms with Crippen LogP contribution in [-0.2, 0) is 0 Å². The van der Waals surface area contributed by atoms with Gasteiger partial charge in [-0.1, -0.05) is 0 Å². The van der Waals surface area contributed by atoms with Crippen molar-refractivity contribution in [2.75, 3.05) is 18.0 Å². The highest BCUT2D eigenvalue weighted by Gasteiger charge is 2.43. The second kappa shape index (κ2) is 6.41. The number of anilines is 1. The number of benzene rings is 1. The van der Waals surface area contributed by atoms with Crippen LogP contribution >= 0.6 is 0 Å². The van der Waals surface area contributed by atoms with Gasteiger partial charge in [0.1, 0.15) is 11.5 Å². The Balaban J connectivity index is 1.66. The maximum atomic E-state index is 15.6. The molecule has 2 aromatic rings. The molecule has 2 saturated carbocycles. The fraction of sp³-hybridized carbons (Fsp3) is 0.500. The van der Waals surface area contributed by atoms with E-state index in [-0.39, 0.29) is 34.6 Å². The molecule has 0 spiro atoms. The largest absolute Gasteiger partial charge is 0.511 e. The van der Waals surface area contributed by atoms with E-state index in [9.17, 15) is 9.59 Å². The fourth-order valence-corrected chi connectivity index (χ4v) is 4.84. The predicted octanol–water partition coefficient (Wildman–Crippen LogP) is 2.84. The van der Waals surface area contributed by atoms with Crippen LogP contribution in [0.15, 0.2) is 17.1 Å². The minimum absolute atomic E-state index is 0.00771. The van der Waals surface area contributed by atoms with Crippen molar-refractivity contribution in [3.05, 3.63) is 34.1 Å². The Hall–Kier alpha value is -2.68. The van der Waals surface area contributed by atoms with Crippen LogP contribution in [0.5, 0.6) is 5.75 Å². The summed E-state index contributed by atoms with van der Waals surface area (Å²) in [5, 5.41) is 8.65. The highest BCUT2D eigenvalue weighted by Crippen LogP contribution is 2.44. The van der Waals surface area contributed by atoms with Gasteiger partial charge in [-0.05, 0) is 43.6 Å². The molecule has 2 heterocycles. The topological polar surface area (TPSA) is 97.8 Å². The normalized spacial score (nSPS) is 26.2. The van der Waals surface area contributed by atoms with Crippen molar-refractivity contribution in [1.29, 1.82) is 0 Å². The molecule has 3 atom stereocenters. The first-order chi connectivity index (χ1) is 13.8. The molecule has 7 nitrogen and oxygen atoms in total. The second-order valence-electron chi connectivity index (χ2n) is 8.30. The molecule has 3 fully saturated rings. The summed E-state index contributed by atoms with van der Waals surface area (Å²) in [6.07, 6.45) is 2.87. The van der Waals surface area contributed by atoms with E-state index in [1.165, 1.54) is 10.8 Å². The lowest BCUT2D eigenvalue weighted by atomic mass is 9.66. The molecule has 0 unspecified atom stereocenters. The van der Waals surface area contributed by atoms with Gasteiger partial charge in [0.05, 0.1) is 17.1 Å². The van der Waals surface area contributed by atoms with Crippen LogP contribution in [-0.4, -0.2) is 35.0 Å². The zero-order valence-electron chi connectivity index (χ0n) is 15.6. The standard InChI is InChI=1S/C20H21F2N3O4/c21-13-6-11-17(25(10-1-2-10)8-15(19(11)26)29-20(27)28)16(22)18(13)24-4-3-9-5-14(23)12(9)7-24/h6,8-10,12,14H,1-5,7,23H2,(H,27,28)/t9-,12-,14+/m1/s1. The molecule has 3 N–H and O–H groups in total. The first-order valence-electron chi connectivity index (χ1n) is 9.83. The van der Waals surface area contributed by atoms with Gasteiger partial charge in [0.15, 0.2) is 11.6 Å². The Labute approximate surface area is 164 Å². The fourth-order valence-electron chi connectivity index (χ4n) is 4.84. The van der Waals surface area contributed by atoms with Gasteiger partial charge in [0.25, 0.3) is 0 Å². The molecule has 0 radical (unpaired) electrons. The lowest BCUT2D eigenvalue weighted by Crippen LogP contribution is -2.57. The summed E-state index contributed by atoms with van der Waals surface area (Å²) in [5.74, 6) is -1.36. The maximum Gasteiger partial charge on any atom is 0.511 e. The van der Waals surface area contributed by atoms with Gasteiger partial charge in [-0.3, -0.25) is 4.79 Å². The van der Waals surface area contributed by atoms with Crippen molar-refractivity contribution >= 4 is 22.7 Å². The van der Waals surface area contributed by atoms with Gasteiger partial charge in [-0.15, -0.1) is 0 Å². The Kier molecular flexibility index (Phi) is 4.06. The Bertz CT molecular complexity index is 1080. The molecule has 1 aromatic carbocycles. The minimum atomic E-state index is -1.65. The summed E-state index contributed by atoms with van der Waals surface area (Å²) in [6.45, 7) is 1.01. The van der Waals surface area contributed by atoms with E-state index in [4.69, 9.17) is 10.8 Å². The van der Waals surface area contributed by atoms with Gasteiger partial charge in [-0.25, -0.2) is 13.6 Å². The summed E-state index contributed by atoms with van der Waals surface area (Å²) >= 11 is 0. The summed E-state index contributed by atoms with van der Waals surface area (Å²) < 4.78 is 36.7. The zero-order valence-corrected chi connectivity index (χ0v) is 15.6. The molecule has 2 aliphatic carbocycles. The summed E-state index contributed by atoms with van der Waals surface area (Å²) in [5.41, 5.74) is 5.07. The highest BCUT2D eigenvalue weighted by molar-refractivity contribution is 5.86. The zero-order chi connectivity index (χ0) is 20.4. The van der Waals surface area contributed by atoms with E-state index in [1.807, 2.05) is 0 Å². The van der Waals surface area contributed by atoms with Crippen LogP contribution in [0.4, 0.5) is 19.3 Å². The third-order valence-electron chi connectivity index (χ3n) is 6.54. The van der Waals surface area contributed by atoms with Gasteiger partial charge in [-0.2, -0.15) is 0 Å². The molecule has 1 aromatic heterocycles. The number of nitrogens with zero attached hydrogens (tertiary/aromatic N) is 2. The van der Waals surface area contributed by atoms with Crippen molar-refractivity contribution in [1.82, 2.24) is 4.57 Å². The molecule has 1 aliphatic heterocycles. The minimum Gasteiger partial charge on any atom is -0.449 e. The number of carboxylic acid groups (broad SMARTS) is 1. The molecule has 29 heavy (non-hydrogen) atoms. The number of ether oxygens (including phenoxy) is 1. The van der Waals surface area contributed by atoms with E-state index in [0.29, 0.717) is 19.0 Å². The smallest absolute Gasteiger partial charge is 0.449 e. The second-order valence-corrected chi connectivity index (χ2v) is 8.30. The van der Waals surface area contributed by atoms with Crippen LogP contribution in [0.1, 0.15) is 31.7 Å². The number of aromatic nitrogens is 1. The molecule has 0 amide bonds. The van der Waals surface area contributed by atoms with Crippen molar-refractivity contribution in [3.63, 3.8) is 0 Å². The molecule has 154 valence electrons. The highest BCUT2D eigenvalue weighted by atomic mass is 19.1. The van der Waals surface area contributed by atoms with Crippen LogP contribution < -0.4 is 20.8 Å². The van der Waals surface area contributed by atoms with E-state index in [1.54, 1.807) is 4.90 Å². The number of nitrogens with two attached hydrogens (primary N) is 1. The maximum absolute atomic E-state index is 15.6. The van der Waals surface area contributed by atoms with E-state index >= 15 is 8.78 Å². The van der Waals surface area contributed by atoms with E-state index in [0.717, 1.165) is 31.7 Å². The lowest BCUT2D eigenvalue weighted by molar-refractivity contribution is 0.110. The van der Waals surface area contributed by atoms with Crippen LogP contribution in [0.2, 0.25) is 0 Å². The first kappa shape index (κ1) is 18.4. The summed E-state index contributed by atoms with van der Waals surface area (Å²) in [4.78, 5) is 25.2. The lowest BCUT2D eigenvalue weighted by Gasteiger charge is -2.50. The number of halogens is 2. The van der Waals surface area contributed by atoms with Crippen molar-refractivity contribution < 1.29 is 23.4 Å². The Morgan fingerprint density at radius 2 is 2.03 bits per heavy atom. The molecular formula is C20H21F2N3O4. The summed E-state index contributed by atoms with van der Waals surface area (Å²) in [6, 6.07) is 0.971. The number of carbonyl (C=O) groups is 1. The molecule has 9 heteroatoms. The van der Waals surface area contributed by atoms with Crippen molar-refractivity contribution in [3.8, 4) is 5.75 Å². The third kappa shape index (κ3) is 2.87. The van der Waals surface area contributed by atoms with Crippen LogP contribution in [0.25, 0.3) is 10.9 Å². The monoisotopic (exact) mass is 405 g/mol.